The van der Waals surface area contributed by atoms with Gasteiger partial charge in [-0.15, -0.1) is 0 Å². The van der Waals surface area contributed by atoms with Crippen LogP contribution < -0.4 is 10.5 Å². The number of benzene rings is 1. The zero-order valence-electron chi connectivity index (χ0n) is 15.1. The van der Waals surface area contributed by atoms with E-state index >= 15 is 0 Å². The molecular formula is C20H21N3O3S2. The van der Waals surface area contributed by atoms with Crippen molar-refractivity contribution in [2.75, 3.05) is 0 Å². The summed E-state index contributed by atoms with van der Waals surface area (Å²) in [6.45, 7) is 0. The first kappa shape index (κ1) is 20.2. The van der Waals surface area contributed by atoms with Gasteiger partial charge in [-0.05, 0) is 65.1 Å². The van der Waals surface area contributed by atoms with Crippen LogP contribution in [0.3, 0.4) is 0 Å². The van der Waals surface area contributed by atoms with Crippen LogP contribution in [0.2, 0.25) is 0 Å². The Kier molecular flexibility index (Phi) is 6.56. The molecule has 0 saturated heterocycles. The van der Waals surface area contributed by atoms with Crippen LogP contribution in [-0.2, 0) is 27.7 Å². The van der Waals surface area contributed by atoms with Gasteiger partial charge in [-0.1, -0.05) is 18.2 Å². The van der Waals surface area contributed by atoms with Crippen molar-refractivity contribution in [2.45, 2.75) is 30.2 Å². The summed E-state index contributed by atoms with van der Waals surface area (Å²) in [6, 6.07) is 13.8. The number of nitrogens with two attached hydrogens (primary N) is 1. The first-order valence-corrected chi connectivity index (χ1v) is 11.2. The number of nitrogens with zero attached hydrogens (tertiary/aromatic N) is 1. The summed E-state index contributed by atoms with van der Waals surface area (Å²) in [5, 5.41) is 12.2. The van der Waals surface area contributed by atoms with E-state index in [1.165, 1.54) is 12.1 Å². The number of pyridine rings is 1. The normalized spacial score (nSPS) is 12.5. The molecular weight excluding hydrogens is 394 g/mol. The predicted octanol–water partition coefficient (Wildman–Crippen LogP) is 2.82. The summed E-state index contributed by atoms with van der Waals surface area (Å²) in [6.07, 6.45) is 3.19. The van der Waals surface area contributed by atoms with Crippen molar-refractivity contribution in [3.05, 3.63) is 82.3 Å². The van der Waals surface area contributed by atoms with Gasteiger partial charge in [0.05, 0.1) is 16.6 Å². The Morgan fingerprint density at radius 3 is 2.50 bits per heavy atom. The summed E-state index contributed by atoms with van der Waals surface area (Å²) < 4.78 is 22.6. The highest BCUT2D eigenvalue weighted by Gasteiger charge is 2.17. The van der Waals surface area contributed by atoms with Crippen molar-refractivity contribution in [2.24, 2.45) is 5.14 Å². The van der Waals surface area contributed by atoms with E-state index in [2.05, 4.69) is 15.7 Å². The van der Waals surface area contributed by atoms with Crippen molar-refractivity contribution >= 4 is 27.3 Å². The molecule has 146 valence electrons. The van der Waals surface area contributed by atoms with E-state index in [1.807, 2.05) is 29.6 Å². The first-order chi connectivity index (χ1) is 13.4. The molecule has 6 nitrogen and oxygen atoms in total. The van der Waals surface area contributed by atoms with Crippen LogP contribution in [0.15, 0.2) is 70.4 Å². The average molecular weight is 416 g/mol. The lowest BCUT2D eigenvalue weighted by atomic mass is 10.0. The molecule has 0 bridgehead atoms. The molecule has 2 heterocycles. The lowest BCUT2D eigenvalue weighted by Crippen LogP contribution is -2.30. The molecule has 0 radical (unpaired) electrons. The smallest absolute Gasteiger partial charge is 0.238 e. The largest absolute Gasteiger partial charge is 0.347 e. The van der Waals surface area contributed by atoms with Gasteiger partial charge in [-0.25, -0.2) is 13.6 Å². The topological polar surface area (TPSA) is 102 Å². The number of thiophene rings is 1. The van der Waals surface area contributed by atoms with Gasteiger partial charge in [0, 0.05) is 12.6 Å². The van der Waals surface area contributed by atoms with Crippen LogP contribution in [0.25, 0.3) is 0 Å². The number of aromatic nitrogens is 1. The molecule has 3 aromatic rings. The molecule has 0 saturated carbocycles. The molecule has 3 rings (SSSR count). The SMILES string of the molecule is NS(=O)(=O)c1ccc(CCC(=O)N[C@H](Cc2ccsc2)c2ccccn2)cc1. The first-order valence-electron chi connectivity index (χ1n) is 8.75. The molecule has 1 atom stereocenters. The lowest BCUT2D eigenvalue weighted by Gasteiger charge is -2.18. The molecule has 3 N–H and O–H groups in total. The van der Waals surface area contributed by atoms with Crippen molar-refractivity contribution in [3.8, 4) is 0 Å². The van der Waals surface area contributed by atoms with Crippen LogP contribution in [-0.4, -0.2) is 19.3 Å². The van der Waals surface area contributed by atoms with Crippen LogP contribution >= 0.6 is 11.3 Å². The Labute approximate surface area is 168 Å². The van der Waals surface area contributed by atoms with Crippen molar-refractivity contribution in [1.82, 2.24) is 10.3 Å². The number of primary sulfonamides is 1. The lowest BCUT2D eigenvalue weighted by molar-refractivity contribution is -0.121. The molecule has 1 amide bonds. The highest BCUT2D eigenvalue weighted by Crippen LogP contribution is 2.19. The van der Waals surface area contributed by atoms with Gasteiger partial charge >= 0.3 is 0 Å². The van der Waals surface area contributed by atoms with E-state index < -0.39 is 10.0 Å². The zero-order chi connectivity index (χ0) is 20.0. The summed E-state index contributed by atoms with van der Waals surface area (Å²) in [4.78, 5) is 16.9. The standard InChI is InChI=1S/C20H21N3O3S2/c21-28(25,26)17-7-4-15(5-8-17)6-9-20(24)23-19(13-16-10-12-27-14-16)18-3-1-2-11-22-18/h1-5,7-8,10-12,14,19H,6,9,13H2,(H,23,24)(H2,21,25,26)/t19-/m1/s1. The molecule has 0 unspecified atom stereocenters. The Balaban J connectivity index is 1.62. The molecule has 28 heavy (non-hydrogen) atoms. The summed E-state index contributed by atoms with van der Waals surface area (Å²) in [7, 11) is -3.71. The molecule has 0 aliphatic carbocycles. The number of hydrogen-bond donors (Lipinski definition) is 2. The van der Waals surface area contributed by atoms with Crippen LogP contribution in [0, 0.1) is 0 Å². The Morgan fingerprint density at radius 2 is 1.89 bits per heavy atom. The molecule has 2 aromatic heterocycles. The second-order valence-corrected chi connectivity index (χ2v) is 8.74. The fourth-order valence-corrected chi connectivity index (χ4v) is 4.02. The van der Waals surface area contributed by atoms with Crippen molar-refractivity contribution in [1.29, 1.82) is 0 Å². The van der Waals surface area contributed by atoms with Gasteiger partial charge in [0.25, 0.3) is 0 Å². The minimum absolute atomic E-state index is 0.0617. The van der Waals surface area contributed by atoms with E-state index in [1.54, 1.807) is 29.7 Å². The van der Waals surface area contributed by atoms with Crippen LogP contribution in [0.5, 0.6) is 0 Å². The van der Waals surface area contributed by atoms with Crippen molar-refractivity contribution in [3.63, 3.8) is 0 Å². The second kappa shape index (κ2) is 9.09. The number of aryl methyl sites for hydroxylation is 1. The number of amides is 1. The van der Waals surface area contributed by atoms with E-state index in [9.17, 15) is 13.2 Å². The number of carbonyl (C=O) groups is 1. The van der Waals surface area contributed by atoms with Gasteiger partial charge in [0.1, 0.15) is 0 Å². The Morgan fingerprint density at radius 1 is 1.11 bits per heavy atom. The minimum atomic E-state index is -3.71. The molecule has 0 aliphatic heterocycles. The van der Waals surface area contributed by atoms with Crippen molar-refractivity contribution < 1.29 is 13.2 Å². The fraction of sp³-hybridized carbons (Fsp3) is 0.200. The number of sulfonamides is 1. The predicted molar refractivity (Wildman–Crippen MR) is 109 cm³/mol. The number of rotatable bonds is 8. The molecule has 0 spiro atoms. The van der Waals surface area contributed by atoms with Gasteiger partial charge in [0.2, 0.25) is 15.9 Å². The van der Waals surface area contributed by atoms with E-state index in [0.29, 0.717) is 19.3 Å². The maximum Gasteiger partial charge on any atom is 0.238 e. The maximum absolute atomic E-state index is 12.5. The Hall–Kier alpha value is -2.55. The quantitative estimate of drug-likeness (QED) is 0.590. The highest BCUT2D eigenvalue weighted by atomic mass is 32.2. The van der Waals surface area contributed by atoms with Gasteiger partial charge in [0.15, 0.2) is 0 Å². The summed E-state index contributed by atoms with van der Waals surface area (Å²) in [5.74, 6) is -0.0820. The van der Waals surface area contributed by atoms with Gasteiger partial charge < -0.3 is 5.32 Å². The summed E-state index contributed by atoms with van der Waals surface area (Å²) in [5.41, 5.74) is 2.84. The fourth-order valence-electron chi connectivity index (χ4n) is 2.83. The number of hydrogen-bond acceptors (Lipinski definition) is 5. The average Bonchev–Trinajstić information content (AvgIpc) is 3.19. The summed E-state index contributed by atoms with van der Waals surface area (Å²) >= 11 is 1.62. The van der Waals surface area contributed by atoms with Crippen LogP contribution in [0.1, 0.15) is 29.3 Å². The molecule has 8 heteroatoms. The van der Waals surface area contributed by atoms with E-state index in [4.69, 9.17) is 5.14 Å². The van der Waals surface area contributed by atoms with Gasteiger partial charge in [-0.2, -0.15) is 11.3 Å². The monoisotopic (exact) mass is 415 g/mol. The molecule has 0 aliphatic rings. The van der Waals surface area contributed by atoms with E-state index in [-0.39, 0.29) is 16.8 Å². The second-order valence-electron chi connectivity index (χ2n) is 6.40. The minimum Gasteiger partial charge on any atom is -0.347 e. The third-order valence-corrected chi connectivity index (χ3v) is 5.95. The maximum atomic E-state index is 12.5. The molecule has 1 aromatic carbocycles. The zero-order valence-corrected chi connectivity index (χ0v) is 16.7. The third kappa shape index (κ3) is 5.72. The number of nitrogens with one attached hydrogen (secondary N) is 1. The van der Waals surface area contributed by atoms with Gasteiger partial charge in [-0.3, -0.25) is 9.78 Å². The highest BCUT2D eigenvalue weighted by molar-refractivity contribution is 7.89. The van der Waals surface area contributed by atoms with E-state index in [0.717, 1.165) is 16.8 Å². The number of carbonyl (C=O) groups excluding carboxylic acids is 1. The Bertz CT molecular complexity index is 1000. The molecule has 0 fully saturated rings. The van der Waals surface area contributed by atoms with Crippen LogP contribution in [0.4, 0.5) is 0 Å². The third-order valence-electron chi connectivity index (χ3n) is 4.29.